The number of methoxy groups -OCH3 is 4. The molecule has 1 aromatic rings. The zero-order valence-electron chi connectivity index (χ0n) is 16.3. The lowest BCUT2D eigenvalue weighted by atomic mass is 9.78. The van der Waals surface area contributed by atoms with Crippen LogP contribution in [0.4, 0.5) is 0 Å². The second-order valence-corrected chi connectivity index (χ2v) is 7.62. The van der Waals surface area contributed by atoms with Crippen LogP contribution in [0.2, 0.25) is 5.02 Å². The van der Waals surface area contributed by atoms with E-state index in [-0.39, 0.29) is 35.2 Å². The molecule has 1 N–H and O–H groups in total. The SMILES string of the molecule is COC[C@H]1O[C@@H](C23C=CC(O2)c2c(O)c(Cl)cc(OC)c23)C[C@@H](OC)[C@@H]1OC. The van der Waals surface area contributed by atoms with Crippen LogP contribution in [-0.2, 0) is 29.3 Å². The highest BCUT2D eigenvalue weighted by molar-refractivity contribution is 6.32. The first-order valence-corrected chi connectivity index (χ1v) is 9.55. The van der Waals surface area contributed by atoms with Crippen LogP contribution in [0.3, 0.4) is 0 Å². The molecular formula is C20H25ClO7. The normalized spacial score (nSPS) is 36.0. The first kappa shape index (κ1) is 19.9. The molecule has 0 amide bonds. The Bertz CT molecular complexity index is 782. The van der Waals surface area contributed by atoms with E-state index in [0.717, 1.165) is 5.56 Å². The van der Waals surface area contributed by atoms with Gasteiger partial charge in [-0.3, -0.25) is 0 Å². The highest BCUT2D eigenvalue weighted by Gasteiger charge is 2.58. The number of rotatable bonds is 6. The van der Waals surface area contributed by atoms with Crippen LogP contribution in [0, 0.1) is 0 Å². The molecule has 2 unspecified atom stereocenters. The van der Waals surface area contributed by atoms with Gasteiger partial charge in [-0.15, -0.1) is 0 Å². The molecule has 0 aromatic heterocycles. The maximum absolute atomic E-state index is 10.6. The Morgan fingerprint density at radius 3 is 2.68 bits per heavy atom. The number of phenols is 1. The van der Waals surface area contributed by atoms with Crippen LogP contribution < -0.4 is 4.74 Å². The molecule has 0 saturated carbocycles. The quantitative estimate of drug-likeness (QED) is 0.720. The topological polar surface area (TPSA) is 75.6 Å². The van der Waals surface area contributed by atoms with Crippen molar-refractivity contribution >= 4 is 11.6 Å². The van der Waals surface area contributed by atoms with E-state index < -0.39 is 11.7 Å². The largest absolute Gasteiger partial charge is 0.506 e. The smallest absolute Gasteiger partial charge is 0.143 e. The van der Waals surface area contributed by atoms with Crippen LogP contribution in [-0.4, -0.2) is 64.6 Å². The third-order valence-electron chi connectivity index (χ3n) is 5.89. The summed E-state index contributed by atoms with van der Waals surface area (Å²) < 4.78 is 35.0. The fourth-order valence-electron chi connectivity index (χ4n) is 4.67. The maximum Gasteiger partial charge on any atom is 0.143 e. The second-order valence-electron chi connectivity index (χ2n) is 7.22. The summed E-state index contributed by atoms with van der Waals surface area (Å²) in [5.74, 6) is 0.565. The molecule has 8 heteroatoms. The molecule has 3 aliphatic heterocycles. The van der Waals surface area contributed by atoms with Gasteiger partial charge in [-0.1, -0.05) is 17.7 Å². The lowest BCUT2D eigenvalue weighted by Gasteiger charge is -2.45. The van der Waals surface area contributed by atoms with Gasteiger partial charge in [0.2, 0.25) is 0 Å². The highest BCUT2D eigenvalue weighted by atomic mass is 35.5. The summed E-state index contributed by atoms with van der Waals surface area (Å²) in [7, 11) is 6.48. The van der Waals surface area contributed by atoms with Crippen molar-refractivity contribution in [1.29, 1.82) is 0 Å². The highest BCUT2D eigenvalue weighted by Crippen LogP contribution is 2.60. The van der Waals surface area contributed by atoms with Crippen molar-refractivity contribution in [1.82, 2.24) is 0 Å². The van der Waals surface area contributed by atoms with Crippen molar-refractivity contribution in [2.75, 3.05) is 35.0 Å². The van der Waals surface area contributed by atoms with Crippen LogP contribution in [0.25, 0.3) is 0 Å². The number of ether oxygens (including phenoxy) is 6. The van der Waals surface area contributed by atoms with Gasteiger partial charge in [0.05, 0.1) is 30.9 Å². The second kappa shape index (κ2) is 7.48. The summed E-state index contributed by atoms with van der Waals surface area (Å²) in [6.07, 6.45) is 2.83. The van der Waals surface area contributed by atoms with E-state index in [0.29, 0.717) is 24.3 Å². The predicted octanol–water partition coefficient (Wildman–Crippen LogP) is 2.72. The molecule has 28 heavy (non-hydrogen) atoms. The van der Waals surface area contributed by atoms with E-state index in [1.807, 2.05) is 12.2 Å². The molecule has 1 saturated heterocycles. The van der Waals surface area contributed by atoms with E-state index in [4.69, 9.17) is 40.0 Å². The van der Waals surface area contributed by atoms with E-state index in [1.54, 1.807) is 34.5 Å². The average molecular weight is 413 g/mol. The maximum atomic E-state index is 10.6. The molecule has 4 rings (SSSR count). The molecule has 154 valence electrons. The number of aromatic hydroxyl groups is 1. The van der Waals surface area contributed by atoms with Crippen molar-refractivity contribution in [3.05, 3.63) is 34.4 Å². The van der Waals surface area contributed by atoms with Gasteiger partial charge >= 0.3 is 0 Å². The summed E-state index contributed by atoms with van der Waals surface area (Å²) >= 11 is 6.20. The molecule has 3 heterocycles. The van der Waals surface area contributed by atoms with Crippen LogP contribution in [0.1, 0.15) is 23.7 Å². The first-order valence-electron chi connectivity index (χ1n) is 9.17. The number of benzene rings is 1. The Balaban J connectivity index is 1.78. The van der Waals surface area contributed by atoms with Crippen molar-refractivity contribution in [2.45, 2.75) is 42.5 Å². The van der Waals surface area contributed by atoms with Crippen LogP contribution >= 0.6 is 11.6 Å². The van der Waals surface area contributed by atoms with Crippen molar-refractivity contribution in [3.8, 4) is 11.5 Å². The molecule has 0 radical (unpaired) electrons. The van der Waals surface area contributed by atoms with Crippen LogP contribution in [0.5, 0.6) is 11.5 Å². The summed E-state index contributed by atoms with van der Waals surface area (Å²) in [4.78, 5) is 0. The van der Waals surface area contributed by atoms with Gasteiger partial charge in [0, 0.05) is 44.9 Å². The zero-order valence-corrected chi connectivity index (χ0v) is 17.1. The zero-order chi connectivity index (χ0) is 20.1. The molecule has 7 nitrogen and oxygen atoms in total. The van der Waals surface area contributed by atoms with Gasteiger partial charge in [-0.2, -0.15) is 0 Å². The number of hydrogen-bond donors (Lipinski definition) is 1. The van der Waals surface area contributed by atoms with Gasteiger partial charge < -0.3 is 33.5 Å². The minimum absolute atomic E-state index is 0.0102. The number of fused-ring (bicyclic) bond motifs is 5. The molecule has 1 aromatic carbocycles. The van der Waals surface area contributed by atoms with Crippen LogP contribution in [0.15, 0.2) is 18.2 Å². The molecule has 0 spiro atoms. The predicted molar refractivity (Wildman–Crippen MR) is 101 cm³/mol. The third kappa shape index (κ3) is 2.76. The lowest BCUT2D eigenvalue weighted by Crippen LogP contribution is -2.56. The van der Waals surface area contributed by atoms with Crippen molar-refractivity contribution in [2.24, 2.45) is 0 Å². The van der Waals surface area contributed by atoms with Crippen molar-refractivity contribution in [3.63, 3.8) is 0 Å². The molecular weight excluding hydrogens is 388 g/mol. The Kier molecular flexibility index (Phi) is 5.33. The van der Waals surface area contributed by atoms with E-state index in [2.05, 4.69) is 0 Å². The summed E-state index contributed by atoms with van der Waals surface area (Å²) in [5.41, 5.74) is 0.465. The van der Waals surface area contributed by atoms with E-state index in [9.17, 15) is 5.11 Å². The molecule has 2 bridgehead atoms. The summed E-state index contributed by atoms with van der Waals surface area (Å²) in [6, 6.07) is 1.61. The van der Waals surface area contributed by atoms with Gasteiger partial charge in [0.25, 0.3) is 0 Å². The van der Waals surface area contributed by atoms with Gasteiger partial charge in [-0.05, 0) is 6.08 Å². The summed E-state index contributed by atoms with van der Waals surface area (Å²) in [5, 5.41) is 10.8. The van der Waals surface area contributed by atoms with Gasteiger partial charge in [0.15, 0.2) is 0 Å². The molecule has 1 fully saturated rings. The molecule has 6 atom stereocenters. The van der Waals surface area contributed by atoms with E-state index in [1.165, 1.54) is 0 Å². The molecule has 3 aliphatic rings. The Morgan fingerprint density at radius 2 is 2.04 bits per heavy atom. The number of halogens is 1. The number of phenolic OH excluding ortho intramolecular Hbond substituents is 1. The summed E-state index contributed by atoms with van der Waals surface area (Å²) in [6.45, 7) is 0.355. The average Bonchev–Trinajstić information content (AvgIpc) is 3.28. The first-order chi connectivity index (χ1) is 13.5. The van der Waals surface area contributed by atoms with Gasteiger partial charge in [-0.25, -0.2) is 0 Å². The fraction of sp³-hybridized carbons (Fsp3) is 0.600. The number of hydrogen-bond acceptors (Lipinski definition) is 7. The van der Waals surface area contributed by atoms with E-state index >= 15 is 0 Å². The standard InChI is InChI=1S/C20H25ClO7/c1-23-9-14-19(26-4)13(25-3)8-15(27-14)20-6-5-11(28-20)16-17(20)12(24-2)7-10(21)18(16)22/h5-7,11,13-15,19,22H,8-9H2,1-4H3/t11?,13-,14-,15-,19+,20?/m1/s1. The minimum Gasteiger partial charge on any atom is -0.506 e. The third-order valence-corrected chi connectivity index (χ3v) is 6.18. The fourth-order valence-corrected chi connectivity index (χ4v) is 4.87. The Morgan fingerprint density at radius 1 is 1.25 bits per heavy atom. The van der Waals surface area contributed by atoms with Crippen molar-refractivity contribution < 1.29 is 33.5 Å². The Labute approximate surface area is 169 Å². The monoisotopic (exact) mass is 412 g/mol. The van der Waals surface area contributed by atoms with Gasteiger partial charge in [0.1, 0.15) is 35.4 Å². The minimum atomic E-state index is -0.908. The Hall–Kier alpha value is -1.35. The lowest BCUT2D eigenvalue weighted by molar-refractivity contribution is -0.237. The molecule has 0 aliphatic carbocycles.